The number of para-hydroxylation sites is 1. The molecule has 0 radical (unpaired) electrons. The van der Waals surface area contributed by atoms with Crippen molar-refractivity contribution in [2.24, 2.45) is 0 Å². The van der Waals surface area contributed by atoms with Crippen molar-refractivity contribution in [3.8, 4) is 28.5 Å². The predicted molar refractivity (Wildman–Crippen MR) is 155 cm³/mol. The van der Waals surface area contributed by atoms with E-state index in [0.29, 0.717) is 36.9 Å². The van der Waals surface area contributed by atoms with Crippen LogP contribution in [-0.4, -0.2) is 79.8 Å². The summed E-state index contributed by atoms with van der Waals surface area (Å²) in [5, 5.41) is 12.5. The highest BCUT2D eigenvalue weighted by atomic mass is 19.1. The monoisotopic (exact) mass is 567 g/mol. The van der Waals surface area contributed by atoms with Crippen molar-refractivity contribution >= 4 is 16.9 Å². The molecule has 1 saturated heterocycles. The average molecular weight is 568 g/mol. The Morgan fingerprint density at radius 1 is 1.05 bits per heavy atom. The number of imidazole rings is 1. The summed E-state index contributed by atoms with van der Waals surface area (Å²) in [6.45, 7) is 1.37. The van der Waals surface area contributed by atoms with Crippen molar-refractivity contribution in [1.82, 2.24) is 34.7 Å². The molecule has 2 N–H and O–H groups in total. The van der Waals surface area contributed by atoms with Crippen LogP contribution in [0.1, 0.15) is 23.0 Å². The number of pyridine rings is 1. The SMILES string of the molecule is CN1CC(NC(=O)c2cc(F)ccn2)CC(n2c(-c3ccccc3OCCO)nc3ccc(-c4ncccn4)cc32)C1. The first-order chi connectivity index (χ1) is 20.5. The number of nitrogens with zero attached hydrogens (tertiary/aromatic N) is 6. The Morgan fingerprint density at radius 2 is 1.88 bits per heavy atom. The molecule has 1 fully saturated rings. The van der Waals surface area contributed by atoms with Crippen molar-refractivity contribution in [3.05, 3.63) is 90.8 Å². The molecule has 5 aromatic rings. The minimum absolute atomic E-state index is 0.0380. The van der Waals surface area contributed by atoms with Gasteiger partial charge in [-0.1, -0.05) is 12.1 Å². The zero-order chi connectivity index (χ0) is 29.1. The minimum Gasteiger partial charge on any atom is -0.490 e. The Labute approximate surface area is 241 Å². The molecular formula is C31H30FN7O3. The maximum absolute atomic E-state index is 13.8. The van der Waals surface area contributed by atoms with Gasteiger partial charge in [0.1, 0.15) is 29.7 Å². The van der Waals surface area contributed by atoms with Crippen molar-refractivity contribution in [1.29, 1.82) is 0 Å². The standard InChI is InChI=1S/C31H30FN7O3/c1-38-18-22(36-31(41)26-16-21(32)9-12-33-26)17-23(19-38)39-27-15-20(29-34-10-4-11-35-29)7-8-25(27)37-30(39)24-5-2-3-6-28(24)42-14-13-40/h2-12,15-16,22-23,40H,13-14,17-19H2,1H3,(H,36,41). The second-order valence-corrected chi connectivity index (χ2v) is 10.3. The van der Waals surface area contributed by atoms with E-state index < -0.39 is 11.7 Å². The van der Waals surface area contributed by atoms with Crippen LogP contribution in [0.4, 0.5) is 4.39 Å². The molecule has 0 aliphatic carbocycles. The number of ether oxygens (including phenoxy) is 1. The smallest absolute Gasteiger partial charge is 0.270 e. The molecule has 1 aliphatic rings. The Balaban J connectivity index is 1.43. The number of aromatic nitrogens is 5. The zero-order valence-corrected chi connectivity index (χ0v) is 23.0. The van der Waals surface area contributed by atoms with Gasteiger partial charge in [0, 0.05) is 49.4 Å². The fraction of sp³-hybridized carbons (Fsp3) is 0.258. The summed E-state index contributed by atoms with van der Waals surface area (Å²) in [5.74, 6) is 0.996. The number of hydrogen-bond donors (Lipinski definition) is 2. The minimum atomic E-state index is -0.511. The lowest BCUT2D eigenvalue weighted by Crippen LogP contribution is -2.50. The maximum Gasteiger partial charge on any atom is 0.270 e. The molecule has 1 aliphatic heterocycles. The third-order valence-corrected chi connectivity index (χ3v) is 7.26. The predicted octanol–water partition coefficient (Wildman–Crippen LogP) is 3.74. The Morgan fingerprint density at radius 3 is 2.69 bits per heavy atom. The Kier molecular flexibility index (Phi) is 7.85. The molecule has 0 saturated carbocycles. The number of carbonyl (C=O) groups excluding carboxylic acids is 1. The Bertz CT molecular complexity index is 1710. The van der Waals surface area contributed by atoms with E-state index in [0.717, 1.165) is 28.2 Å². The molecule has 4 heterocycles. The molecule has 2 unspecified atom stereocenters. The number of nitrogens with one attached hydrogen (secondary N) is 1. The van der Waals surface area contributed by atoms with Gasteiger partial charge in [-0.25, -0.2) is 19.3 Å². The highest BCUT2D eigenvalue weighted by molar-refractivity contribution is 5.92. The summed E-state index contributed by atoms with van der Waals surface area (Å²) in [6, 6.07) is 17.4. The molecule has 42 heavy (non-hydrogen) atoms. The van der Waals surface area contributed by atoms with Crippen LogP contribution in [0.2, 0.25) is 0 Å². The van der Waals surface area contributed by atoms with Crippen LogP contribution in [-0.2, 0) is 0 Å². The lowest BCUT2D eigenvalue weighted by molar-refractivity contribution is 0.0888. The lowest BCUT2D eigenvalue weighted by Gasteiger charge is -2.37. The molecule has 0 bridgehead atoms. The summed E-state index contributed by atoms with van der Waals surface area (Å²) in [4.78, 5) is 33.1. The molecule has 3 aromatic heterocycles. The third kappa shape index (κ3) is 5.69. The molecule has 2 atom stereocenters. The van der Waals surface area contributed by atoms with Crippen molar-refractivity contribution in [2.75, 3.05) is 33.4 Å². The zero-order valence-electron chi connectivity index (χ0n) is 23.0. The highest BCUT2D eigenvalue weighted by Crippen LogP contribution is 2.37. The number of piperidine rings is 1. The molecule has 0 spiro atoms. The second kappa shape index (κ2) is 12.0. The number of aliphatic hydroxyl groups is 1. The van der Waals surface area contributed by atoms with Crippen molar-refractivity contribution in [3.63, 3.8) is 0 Å². The Hall–Kier alpha value is -4.74. The molecule has 2 aromatic carbocycles. The first-order valence-corrected chi connectivity index (χ1v) is 13.7. The van der Waals surface area contributed by atoms with E-state index in [1.807, 2.05) is 49.5 Å². The van der Waals surface area contributed by atoms with Crippen LogP contribution < -0.4 is 10.1 Å². The van der Waals surface area contributed by atoms with Gasteiger partial charge < -0.3 is 24.6 Å². The molecule has 11 heteroatoms. The van der Waals surface area contributed by atoms with E-state index in [-0.39, 0.29) is 31.0 Å². The van der Waals surface area contributed by atoms with Crippen molar-refractivity contribution in [2.45, 2.75) is 18.5 Å². The summed E-state index contributed by atoms with van der Waals surface area (Å²) in [7, 11) is 2.01. The number of likely N-dealkylation sites (tertiary alicyclic amines) is 1. The van der Waals surface area contributed by atoms with E-state index in [4.69, 9.17) is 9.72 Å². The molecule has 6 rings (SSSR count). The van der Waals surface area contributed by atoms with Gasteiger partial charge in [-0.3, -0.25) is 9.78 Å². The van der Waals surface area contributed by atoms with Gasteiger partial charge >= 0.3 is 0 Å². The molecular weight excluding hydrogens is 537 g/mol. The van der Waals surface area contributed by atoms with E-state index in [2.05, 4.69) is 29.7 Å². The van der Waals surface area contributed by atoms with Gasteiger partial charge in [0.05, 0.1) is 29.2 Å². The van der Waals surface area contributed by atoms with E-state index in [1.165, 1.54) is 12.3 Å². The summed E-state index contributed by atoms with van der Waals surface area (Å²) in [6.07, 6.45) is 5.31. The van der Waals surface area contributed by atoms with E-state index in [9.17, 15) is 14.3 Å². The van der Waals surface area contributed by atoms with Crippen LogP contribution >= 0.6 is 0 Å². The number of halogens is 1. The van der Waals surface area contributed by atoms with E-state index in [1.54, 1.807) is 18.5 Å². The number of benzene rings is 2. The van der Waals surface area contributed by atoms with Crippen LogP contribution in [0.25, 0.3) is 33.8 Å². The third-order valence-electron chi connectivity index (χ3n) is 7.26. The molecule has 214 valence electrons. The number of hydrogen-bond acceptors (Lipinski definition) is 8. The van der Waals surface area contributed by atoms with Gasteiger partial charge in [-0.2, -0.15) is 0 Å². The normalized spacial score (nSPS) is 17.3. The first kappa shape index (κ1) is 27.4. The highest BCUT2D eigenvalue weighted by Gasteiger charge is 2.31. The number of rotatable bonds is 8. The van der Waals surface area contributed by atoms with Gasteiger partial charge in [-0.05, 0) is 55.9 Å². The fourth-order valence-electron chi connectivity index (χ4n) is 5.54. The topological polar surface area (TPSA) is 118 Å². The number of fused-ring (bicyclic) bond motifs is 1. The number of aliphatic hydroxyl groups excluding tert-OH is 1. The summed E-state index contributed by atoms with van der Waals surface area (Å²) < 4.78 is 21.9. The van der Waals surface area contributed by atoms with Gasteiger partial charge in [0.2, 0.25) is 0 Å². The number of likely N-dealkylation sites (N-methyl/N-ethyl adjacent to an activating group) is 1. The van der Waals surface area contributed by atoms with Crippen LogP contribution in [0.15, 0.2) is 79.3 Å². The van der Waals surface area contributed by atoms with Crippen molar-refractivity contribution < 1.29 is 19.0 Å². The molecule has 10 nitrogen and oxygen atoms in total. The van der Waals surface area contributed by atoms with Gasteiger partial charge in [0.15, 0.2) is 5.82 Å². The van der Waals surface area contributed by atoms with Crippen LogP contribution in [0.3, 0.4) is 0 Å². The van der Waals surface area contributed by atoms with Gasteiger partial charge in [0.25, 0.3) is 5.91 Å². The average Bonchev–Trinajstić information content (AvgIpc) is 3.39. The summed E-state index contributed by atoms with van der Waals surface area (Å²) >= 11 is 0. The lowest BCUT2D eigenvalue weighted by atomic mass is 9.99. The van der Waals surface area contributed by atoms with Crippen LogP contribution in [0.5, 0.6) is 5.75 Å². The van der Waals surface area contributed by atoms with Crippen LogP contribution in [0, 0.1) is 5.82 Å². The van der Waals surface area contributed by atoms with Gasteiger partial charge in [-0.15, -0.1) is 0 Å². The largest absolute Gasteiger partial charge is 0.490 e. The quantitative estimate of drug-likeness (QED) is 0.291. The summed E-state index contributed by atoms with van der Waals surface area (Å²) in [5.41, 5.74) is 3.36. The molecule has 1 amide bonds. The van der Waals surface area contributed by atoms with E-state index >= 15 is 0 Å². The first-order valence-electron chi connectivity index (χ1n) is 13.7. The fourth-order valence-corrected chi connectivity index (χ4v) is 5.54. The number of carbonyl (C=O) groups is 1. The maximum atomic E-state index is 13.8. The number of amides is 1. The second-order valence-electron chi connectivity index (χ2n) is 10.3.